The fraction of sp³-hybridized carbons (Fsp3) is 0.545. The molecule has 0 aromatic carbocycles. The molecule has 0 amide bonds. The summed E-state index contributed by atoms with van der Waals surface area (Å²) in [5, 5.41) is 4.06. The van der Waals surface area contributed by atoms with Gasteiger partial charge in [0.25, 0.3) is 0 Å². The zero-order chi connectivity index (χ0) is 11.7. The Morgan fingerprint density at radius 1 is 1.50 bits per heavy atom. The highest BCUT2D eigenvalue weighted by Gasteiger charge is 2.26. The lowest BCUT2D eigenvalue weighted by Crippen LogP contribution is -2.26. The molecule has 0 radical (unpaired) electrons. The first-order chi connectivity index (χ1) is 7.58. The number of ketones is 1. The van der Waals surface area contributed by atoms with Gasteiger partial charge in [-0.25, -0.2) is 4.68 Å². The standard InChI is InChI=1S/C11H15N3O2/c1-7-10(12)6-14(13-7)11(16)8-2-4-9(15)5-3-8/h6,8H,2-5,12H2,1H3. The maximum Gasteiger partial charge on any atom is 0.250 e. The highest BCUT2D eigenvalue weighted by atomic mass is 16.2. The first-order valence-corrected chi connectivity index (χ1v) is 5.45. The second kappa shape index (κ2) is 4.08. The van der Waals surface area contributed by atoms with Gasteiger partial charge in [0, 0.05) is 18.8 Å². The van der Waals surface area contributed by atoms with Gasteiger partial charge >= 0.3 is 0 Å². The number of nitrogen functional groups attached to an aromatic ring is 1. The Bertz CT molecular complexity index is 407. The van der Waals surface area contributed by atoms with Crippen LogP contribution in [0.1, 0.15) is 36.2 Å². The number of anilines is 1. The van der Waals surface area contributed by atoms with Crippen LogP contribution < -0.4 is 5.73 Å². The first-order valence-electron chi connectivity index (χ1n) is 5.45. The summed E-state index contributed by atoms with van der Waals surface area (Å²) in [5.74, 6) is 0.115. The molecule has 1 fully saturated rings. The van der Waals surface area contributed by atoms with E-state index in [4.69, 9.17) is 5.73 Å². The van der Waals surface area contributed by atoms with Crippen molar-refractivity contribution in [1.29, 1.82) is 0 Å². The van der Waals surface area contributed by atoms with Crippen molar-refractivity contribution in [3.05, 3.63) is 11.9 Å². The molecule has 0 saturated heterocycles. The smallest absolute Gasteiger partial charge is 0.250 e. The Hall–Kier alpha value is -1.65. The van der Waals surface area contributed by atoms with Crippen LogP contribution in [0.5, 0.6) is 0 Å². The molecule has 0 bridgehead atoms. The SMILES string of the molecule is Cc1nn(C(=O)C2CCC(=O)CC2)cc1N. The molecule has 2 rings (SSSR count). The van der Waals surface area contributed by atoms with Gasteiger partial charge in [-0.15, -0.1) is 0 Å². The Morgan fingerprint density at radius 3 is 2.62 bits per heavy atom. The molecule has 86 valence electrons. The van der Waals surface area contributed by atoms with Gasteiger partial charge in [-0.05, 0) is 19.8 Å². The van der Waals surface area contributed by atoms with E-state index >= 15 is 0 Å². The van der Waals surface area contributed by atoms with E-state index in [1.165, 1.54) is 4.68 Å². The van der Waals surface area contributed by atoms with Crippen LogP contribution in [-0.4, -0.2) is 21.5 Å². The van der Waals surface area contributed by atoms with Crippen LogP contribution in [0.15, 0.2) is 6.20 Å². The van der Waals surface area contributed by atoms with Crippen LogP contribution in [0.2, 0.25) is 0 Å². The molecule has 1 aliphatic rings. The highest BCUT2D eigenvalue weighted by Crippen LogP contribution is 2.23. The number of rotatable bonds is 1. The number of nitrogens with zero attached hydrogens (tertiary/aromatic N) is 2. The van der Waals surface area contributed by atoms with Crippen molar-refractivity contribution in [3.8, 4) is 0 Å². The average Bonchev–Trinajstić information content (AvgIpc) is 2.59. The number of aryl methyl sites for hydroxylation is 1. The van der Waals surface area contributed by atoms with Gasteiger partial charge in [-0.1, -0.05) is 0 Å². The fourth-order valence-corrected chi connectivity index (χ4v) is 1.96. The molecule has 1 aromatic heterocycles. The summed E-state index contributed by atoms with van der Waals surface area (Å²) in [6.45, 7) is 1.77. The Balaban J connectivity index is 2.10. The number of hydrogen-bond donors (Lipinski definition) is 1. The maximum absolute atomic E-state index is 12.0. The van der Waals surface area contributed by atoms with Crippen molar-refractivity contribution in [1.82, 2.24) is 9.78 Å². The molecule has 1 heterocycles. The van der Waals surface area contributed by atoms with Crippen molar-refractivity contribution >= 4 is 17.4 Å². The molecule has 1 aromatic rings. The predicted octanol–water partition coefficient (Wildman–Crippen LogP) is 1.17. The summed E-state index contributed by atoms with van der Waals surface area (Å²) in [6, 6.07) is 0. The minimum absolute atomic E-state index is 0.0488. The normalized spacial score (nSPS) is 17.7. The van der Waals surface area contributed by atoms with Crippen molar-refractivity contribution in [3.63, 3.8) is 0 Å². The van der Waals surface area contributed by atoms with Gasteiger partial charge < -0.3 is 5.73 Å². The molecule has 1 aliphatic carbocycles. The van der Waals surface area contributed by atoms with E-state index in [1.807, 2.05) is 0 Å². The van der Waals surface area contributed by atoms with Gasteiger partial charge in [0.15, 0.2) is 0 Å². The van der Waals surface area contributed by atoms with Gasteiger partial charge in [0.05, 0.1) is 17.6 Å². The summed E-state index contributed by atoms with van der Waals surface area (Å²) in [6.07, 6.45) is 3.83. The number of aromatic nitrogens is 2. The van der Waals surface area contributed by atoms with Crippen LogP contribution >= 0.6 is 0 Å². The second-order valence-electron chi connectivity index (χ2n) is 4.27. The summed E-state index contributed by atoms with van der Waals surface area (Å²) >= 11 is 0. The molecule has 0 spiro atoms. The number of nitrogens with two attached hydrogens (primary N) is 1. The number of carbonyl (C=O) groups excluding carboxylic acids is 2. The van der Waals surface area contributed by atoms with Crippen LogP contribution in [0, 0.1) is 12.8 Å². The summed E-state index contributed by atoms with van der Waals surface area (Å²) in [7, 11) is 0. The lowest BCUT2D eigenvalue weighted by Gasteiger charge is -2.18. The molecule has 0 unspecified atom stereocenters. The third-order valence-electron chi connectivity index (χ3n) is 3.06. The fourth-order valence-electron chi connectivity index (χ4n) is 1.96. The van der Waals surface area contributed by atoms with Crippen molar-refractivity contribution < 1.29 is 9.59 Å². The quantitative estimate of drug-likeness (QED) is 0.772. The van der Waals surface area contributed by atoms with Crippen LogP contribution in [0.4, 0.5) is 5.69 Å². The number of Topliss-reactive ketones (excluding diaryl/α,β-unsaturated/α-hetero) is 1. The minimum atomic E-state index is -0.0867. The minimum Gasteiger partial charge on any atom is -0.396 e. The molecular weight excluding hydrogens is 206 g/mol. The van der Waals surface area contributed by atoms with E-state index in [1.54, 1.807) is 13.1 Å². The van der Waals surface area contributed by atoms with Crippen molar-refractivity contribution in [2.45, 2.75) is 32.6 Å². The third-order valence-corrected chi connectivity index (χ3v) is 3.06. The summed E-state index contributed by atoms with van der Waals surface area (Å²) in [5.41, 5.74) is 6.84. The molecule has 1 saturated carbocycles. The number of hydrogen-bond acceptors (Lipinski definition) is 4. The average molecular weight is 221 g/mol. The summed E-state index contributed by atoms with van der Waals surface area (Å²) < 4.78 is 1.31. The van der Waals surface area contributed by atoms with Crippen LogP contribution in [0.3, 0.4) is 0 Å². The van der Waals surface area contributed by atoms with E-state index in [-0.39, 0.29) is 17.6 Å². The van der Waals surface area contributed by atoms with Crippen LogP contribution in [0.25, 0.3) is 0 Å². The lowest BCUT2D eigenvalue weighted by molar-refractivity contribution is -0.120. The van der Waals surface area contributed by atoms with Gasteiger partial charge in [0.2, 0.25) is 5.91 Å². The summed E-state index contributed by atoms with van der Waals surface area (Å²) in [4.78, 5) is 23.1. The maximum atomic E-state index is 12.0. The van der Waals surface area contributed by atoms with E-state index in [0.717, 1.165) is 0 Å². The molecular formula is C11H15N3O2. The molecule has 2 N–H and O–H groups in total. The number of carbonyl (C=O) groups is 2. The molecule has 16 heavy (non-hydrogen) atoms. The molecule has 5 nitrogen and oxygen atoms in total. The zero-order valence-corrected chi connectivity index (χ0v) is 9.27. The van der Waals surface area contributed by atoms with E-state index in [2.05, 4.69) is 5.10 Å². The van der Waals surface area contributed by atoms with Gasteiger partial charge in [0.1, 0.15) is 5.78 Å². The highest BCUT2D eigenvalue weighted by molar-refractivity contribution is 5.85. The molecule has 0 atom stereocenters. The third kappa shape index (κ3) is 1.98. The molecule has 5 heteroatoms. The topological polar surface area (TPSA) is 78.0 Å². The van der Waals surface area contributed by atoms with Gasteiger partial charge in [-0.2, -0.15) is 5.10 Å². The predicted molar refractivity (Wildman–Crippen MR) is 59.0 cm³/mol. The Kier molecular flexibility index (Phi) is 2.77. The Morgan fingerprint density at radius 2 is 2.12 bits per heavy atom. The van der Waals surface area contributed by atoms with Crippen molar-refractivity contribution in [2.24, 2.45) is 5.92 Å². The van der Waals surface area contributed by atoms with Crippen molar-refractivity contribution in [2.75, 3.05) is 5.73 Å². The molecule has 0 aliphatic heterocycles. The van der Waals surface area contributed by atoms with E-state index in [0.29, 0.717) is 37.1 Å². The Labute approximate surface area is 93.6 Å². The van der Waals surface area contributed by atoms with Crippen LogP contribution in [-0.2, 0) is 4.79 Å². The largest absolute Gasteiger partial charge is 0.396 e. The lowest BCUT2D eigenvalue weighted by atomic mass is 9.88. The second-order valence-corrected chi connectivity index (χ2v) is 4.27. The van der Waals surface area contributed by atoms with E-state index < -0.39 is 0 Å². The van der Waals surface area contributed by atoms with Gasteiger partial charge in [-0.3, -0.25) is 9.59 Å². The monoisotopic (exact) mass is 221 g/mol. The van der Waals surface area contributed by atoms with E-state index in [9.17, 15) is 9.59 Å². The first kappa shape index (κ1) is 10.9. The zero-order valence-electron chi connectivity index (χ0n) is 9.27.